The number of aromatic nitrogens is 5. The van der Waals surface area contributed by atoms with Gasteiger partial charge in [-0.3, -0.25) is 0 Å². The van der Waals surface area contributed by atoms with Crippen molar-refractivity contribution in [1.82, 2.24) is 24.6 Å². The predicted molar refractivity (Wildman–Crippen MR) is 110 cm³/mol. The number of halogens is 2. The van der Waals surface area contributed by atoms with Gasteiger partial charge in [0.2, 0.25) is 0 Å². The van der Waals surface area contributed by atoms with Crippen LogP contribution in [-0.4, -0.2) is 24.6 Å². The van der Waals surface area contributed by atoms with E-state index >= 15 is 0 Å². The zero-order valence-corrected chi connectivity index (χ0v) is 15.9. The fraction of sp³-hybridized carbons (Fsp3) is 0.200. The molecule has 9 heteroatoms. The fourth-order valence-corrected chi connectivity index (χ4v) is 3.18. The minimum absolute atomic E-state index is 0. The van der Waals surface area contributed by atoms with Gasteiger partial charge < -0.3 is 11.1 Å². The average molecular weight is 399 g/mol. The highest BCUT2D eigenvalue weighted by Crippen LogP contribution is 2.30. The number of hydrogen-bond donors (Lipinski definition) is 2. The number of nitrogen functional groups attached to an aromatic ring is 1. The third-order valence-corrected chi connectivity index (χ3v) is 4.65. The summed E-state index contributed by atoms with van der Waals surface area (Å²) in [5.41, 5.74) is 9.33. The molecule has 0 radical (unpaired) electrons. The molecule has 4 rings (SSSR count). The molecule has 1 atom stereocenters. The first-order valence-corrected chi connectivity index (χ1v) is 9.11. The number of nitrogens with zero attached hydrogens (tertiary/aromatic N) is 5. The van der Waals surface area contributed by atoms with E-state index in [1.807, 2.05) is 19.9 Å². The lowest BCUT2D eigenvalue weighted by Gasteiger charge is -2.18. The molecule has 0 aliphatic rings. The van der Waals surface area contributed by atoms with Crippen LogP contribution in [0.3, 0.4) is 0 Å². The van der Waals surface area contributed by atoms with Crippen molar-refractivity contribution in [3.05, 3.63) is 65.7 Å². The SMILES string of the molecule is CC[C@H](Nc1cc(-c2c(N)nn3ccc(C)nc23)ncn1)c1ccc(F)c(F)c1.[HH].[HH]. The Bertz CT molecular complexity index is 1200. The summed E-state index contributed by atoms with van der Waals surface area (Å²) in [6.07, 6.45) is 3.84. The maximum Gasteiger partial charge on any atom is 0.166 e. The van der Waals surface area contributed by atoms with Crippen LogP contribution in [0.1, 0.15) is 33.5 Å². The van der Waals surface area contributed by atoms with E-state index in [2.05, 4.69) is 25.4 Å². The molecule has 0 aliphatic heterocycles. The highest BCUT2D eigenvalue weighted by Gasteiger charge is 2.17. The van der Waals surface area contributed by atoms with E-state index in [1.165, 1.54) is 12.4 Å². The normalized spacial score (nSPS) is 12.3. The predicted octanol–water partition coefficient (Wildman–Crippen LogP) is 4.41. The summed E-state index contributed by atoms with van der Waals surface area (Å²) in [5.74, 6) is -0.927. The summed E-state index contributed by atoms with van der Waals surface area (Å²) in [4.78, 5) is 13.1. The lowest BCUT2D eigenvalue weighted by atomic mass is 10.0. The van der Waals surface area contributed by atoms with Crippen LogP contribution in [0, 0.1) is 18.6 Å². The first-order chi connectivity index (χ1) is 14.0. The van der Waals surface area contributed by atoms with E-state index in [1.54, 1.807) is 22.8 Å². The third-order valence-electron chi connectivity index (χ3n) is 4.65. The Morgan fingerprint density at radius 2 is 2.00 bits per heavy atom. The Morgan fingerprint density at radius 1 is 1.17 bits per heavy atom. The van der Waals surface area contributed by atoms with Gasteiger partial charge in [-0.2, -0.15) is 0 Å². The van der Waals surface area contributed by atoms with E-state index in [-0.39, 0.29) is 8.90 Å². The summed E-state index contributed by atoms with van der Waals surface area (Å²) in [7, 11) is 0. The summed E-state index contributed by atoms with van der Waals surface area (Å²) >= 11 is 0. The minimum atomic E-state index is -0.883. The highest BCUT2D eigenvalue weighted by atomic mass is 19.2. The van der Waals surface area contributed by atoms with Crippen molar-refractivity contribution < 1.29 is 11.6 Å². The van der Waals surface area contributed by atoms with Crippen molar-refractivity contribution >= 4 is 17.3 Å². The number of nitrogens with one attached hydrogen (secondary N) is 1. The van der Waals surface area contributed by atoms with Crippen molar-refractivity contribution in [3.63, 3.8) is 0 Å². The molecule has 152 valence electrons. The van der Waals surface area contributed by atoms with Crippen LogP contribution in [0.5, 0.6) is 0 Å². The van der Waals surface area contributed by atoms with E-state index in [0.29, 0.717) is 40.5 Å². The average Bonchev–Trinajstić information content (AvgIpc) is 3.03. The molecule has 0 aliphatic carbocycles. The van der Waals surface area contributed by atoms with E-state index in [4.69, 9.17) is 5.73 Å². The Morgan fingerprint density at radius 3 is 2.76 bits per heavy atom. The van der Waals surface area contributed by atoms with Crippen LogP contribution in [0.2, 0.25) is 0 Å². The second-order valence-electron chi connectivity index (χ2n) is 6.66. The monoisotopic (exact) mass is 399 g/mol. The minimum Gasteiger partial charge on any atom is -0.382 e. The van der Waals surface area contributed by atoms with Gasteiger partial charge in [0.25, 0.3) is 0 Å². The Labute approximate surface area is 168 Å². The molecule has 0 fully saturated rings. The standard InChI is InChI=1S/C20H19F2N7.2H2/c1-3-15(12-4-5-13(21)14(22)8-12)27-17-9-16(24-10-25-17)18-19(23)28-29-7-6-11(2)26-20(18)29;;/h4-10,15H,3H2,1-2H3,(H2,23,28)(H,24,25,27);2*1H/t15-;;/m0../s1. The fourth-order valence-electron chi connectivity index (χ4n) is 3.18. The number of nitrogens with two attached hydrogens (primary N) is 1. The molecule has 0 saturated heterocycles. The van der Waals surface area contributed by atoms with Gasteiger partial charge in [0.15, 0.2) is 23.1 Å². The Kier molecular flexibility index (Phi) is 4.79. The number of anilines is 2. The van der Waals surface area contributed by atoms with Gasteiger partial charge in [-0.1, -0.05) is 13.0 Å². The molecule has 0 unspecified atom stereocenters. The number of rotatable bonds is 5. The van der Waals surface area contributed by atoms with Crippen molar-refractivity contribution in [2.45, 2.75) is 26.3 Å². The Hall–Kier alpha value is -3.62. The summed E-state index contributed by atoms with van der Waals surface area (Å²) < 4.78 is 28.5. The molecular formula is C20H23F2N7. The number of fused-ring (bicyclic) bond motifs is 1. The largest absolute Gasteiger partial charge is 0.382 e. The van der Waals surface area contributed by atoms with Gasteiger partial charge in [-0.05, 0) is 37.1 Å². The number of aryl methyl sites for hydroxylation is 1. The van der Waals surface area contributed by atoms with Crippen LogP contribution >= 0.6 is 0 Å². The van der Waals surface area contributed by atoms with Crippen LogP contribution in [0.4, 0.5) is 20.4 Å². The van der Waals surface area contributed by atoms with Crippen molar-refractivity contribution in [2.75, 3.05) is 11.1 Å². The van der Waals surface area contributed by atoms with Gasteiger partial charge in [0, 0.05) is 20.8 Å². The molecule has 3 aromatic heterocycles. The molecule has 3 heterocycles. The number of hydrogen-bond acceptors (Lipinski definition) is 6. The van der Waals surface area contributed by atoms with E-state index < -0.39 is 11.6 Å². The van der Waals surface area contributed by atoms with Gasteiger partial charge in [0.1, 0.15) is 12.1 Å². The summed E-state index contributed by atoms with van der Waals surface area (Å²) in [6.45, 7) is 3.82. The second-order valence-corrected chi connectivity index (χ2v) is 6.66. The van der Waals surface area contributed by atoms with Gasteiger partial charge in [0.05, 0.1) is 17.3 Å². The molecule has 3 N–H and O–H groups in total. The molecule has 7 nitrogen and oxygen atoms in total. The van der Waals surface area contributed by atoms with Crippen LogP contribution in [0.15, 0.2) is 42.9 Å². The van der Waals surface area contributed by atoms with Crippen molar-refractivity contribution in [3.8, 4) is 11.3 Å². The maximum atomic E-state index is 13.6. The van der Waals surface area contributed by atoms with E-state index in [0.717, 1.165) is 11.8 Å². The molecule has 0 spiro atoms. The first-order valence-electron chi connectivity index (χ1n) is 9.11. The zero-order chi connectivity index (χ0) is 20.5. The lowest BCUT2D eigenvalue weighted by molar-refractivity contribution is 0.505. The molecule has 1 aromatic carbocycles. The molecule has 4 aromatic rings. The molecule has 0 saturated carbocycles. The summed E-state index contributed by atoms with van der Waals surface area (Å²) in [5, 5.41) is 7.52. The smallest absolute Gasteiger partial charge is 0.166 e. The molecule has 29 heavy (non-hydrogen) atoms. The van der Waals surface area contributed by atoms with Gasteiger partial charge in [-0.25, -0.2) is 28.2 Å². The van der Waals surface area contributed by atoms with E-state index in [9.17, 15) is 8.78 Å². The van der Waals surface area contributed by atoms with Crippen LogP contribution in [0.25, 0.3) is 16.9 Å². The molecule has 0 bridgehead atoms. The van der Waals surface area contributed by atoms with Gasteiger partial charge >= 0.3 is 0 Å². The molecule has 0 amide bonds. The second kappa shape index (κ2) is 7.42. The summed E-state index contributed by atoms with van der Waals surface area (Å²) in [6, 6.07) is 7.18. The first kappa shape index (κ1) is 18.7. The quantitative estimate of drug-likeness (QED) is 0.516. The van der Waals surface area contributed by atoms with Crippen molar-refractivity contribution in [1.29, 1.82) is 0 Å². The topological polar surface area (TPSA) is 94.0 Å². The third kappa shape index (κ3) is 3.58. The van der Waals surface area contributed by atoms with Crippen molar-refractivity contribution in [2.24, 2.45) is 0 Å². The molecular weight excluding hydrogens is 376 g/mol. The van der Waals surface area contributed by atoms with Gasteiger partial charge in [-0.15, -0.1) is 5.10 Å². The van der Waals surface area contributed by atoms with Crippen LogP contribution in [-0.2, 0) is 0 Å². The zero-order valence-electron chi connectivity index (χ0n) is 15.9. The number of benzene rings is 1. The van der Waals surface area contributed by atoms with Crippen LogP contribution < -0.4 is 11.1 Å². The maximum absolute atomic E-state index is 13.6. The lowest BCUT2D eigenvalue weighted by Crippen LogP contribution is -2.11. The highest BCUT2D eigenvalue weighted by molar-refractivity contribution is 5.85. The Balaban J connectivity index is 0.00000171.